The van der Waals surface area contributed by atoms with E-state index in [1.807, 2.05) is 0 Å². The maximum Gasteiger partial charge on any atom is 0.132 e. The van der Waals surface area contributed by atoms with Gasteiger partial charge in [0, 0.05) is 11.6 Å². The maximum atomic E-state index is 13.6. The van der Waals surface area contributed by atoms with Crippen LogP contribution < -0.4 is 5.32 Å². The molecule has 1 unspecified atom stereocenters. The molecule has 0 aliphatic carbocycles. The summed E-state index contributed by atoms with van der Waals surface area (Å²) in [5, 5.41) is 13.5. The Morgan fingerprint density at radius 3 is 2.75 bits per heavy atom. The second kappa shape index (κ2) is 4.47. The molecule has 0 saturated carbocycles. The number of hydrogen-bond donors (Lipinski definition) is 2. The zero-order chi connectivity index (χ0) is 11.6. The van der Waals surface area contributed by atoms with Crippen molar-refractivity contribution in [2.24, 2.45) is 0 Å². The zero-order valence-corrected chi connectivity index (χ0v) is 8.97. The largest absolute Gasteiger partial charge is 0.385 e. The third kappa shape index (κ3) is 2.23. The highest BCUT2D eigenvalue weighted by molar-refractivity contribution is 5.25. The van der Waals surface area contributed by atoms with Crippen molar-refractivity contribution in [3.63, 3.8) is 0 Å². The number of rotatable bonds is 1. The third-order valence-electron chi connectivity index (χ3n) is 3.09. The van der Waals surface area contributed by atoms with Crippen molar-refractivity contribution < 1.29 is 13.9 Å². The molecule has 1 aliphatic rings. The number of hydrogen-bond acceptors (Lipinski definition) is 2. The van der Waals surface area contributed by atoms with Crippen LogP contribution in [0.2, 0.25) is 0 Å². The molecule has 2 N–H and O–H groups in total. The summed E-state index contributed by atoms with van der Waals surface area (Å²) in [5.74, 6) is -1.28. The van der Waals surface area contributed by atoms with Gasteiger partial charge in [-0.3, -0.25) is 0 Å². The normalized spacial score (nSPS) is 26.4. The van der Waals surface area contributed by atoms with E-state index in [0.717, 1.165) is 19.0 Å². The van der Waals surface area contributed by atoms with Crippen LogP contribution in [0.4, 0.5) is 8.78 Å². The number of aliphatic hydroxyl groups is 1. The van der Waals surface area contributed by atoms with E-state index in [4.69, 9.17) is 0 Å². The van der Waals surface area contributed by atoms with Gasteiger partial charge in [0.15, 0.2) is 0 Å². The van der Waals surface area contributed by atoms with Crippen molar-refractivity contribution in [3.05, 3.63) is 35.4 Å². The van der Waals surface area contributed by atoms with Gasteiger partial charge >= 0.3 is 0 Å². The molecule has 0 amide bonds. The van der Waals surface area contributed by atoms with E-state index in [0.29, 0.717) is 19.4 Å². The first-order valence-corrected chi connectivity index (χ1v) is 5.50. The van der Waals surface area contributed by atoms with Gasteiger partial charge in [-0.1, -0.05) is 6.07 Å². The monoisotopic (exact) mass is 227 g/mol. The van der Waals surface area contributed by atoms with Gasteiger partial charge in [0.2, 0.25) is 0 Å². The van der Waals surface area contributed by atoms with E-state index < -0.39 is 17.2 Å². The molecular weight excluding hydrogens is 212 g/mol. The molecule has 16 heavy (non-hydrogen) atoms. The minimum atomic E-state index is -1.17. The molecule has 88 valence electrons. The second-order valence-electron chi connectivity index (χ2n) is 4.26. The van der Waals surface area contributed by atoms with Crippen LogP contribution >= 0.6 is 0 Å². The van der Waals surface area contributed by atoms with Crippen LogP contribution in [0.15, 0.2) is 18.2 Å². The van der Waals surface area contributed by atoms with Crippen LogP contribution in [-0.2, 0) is 5.60 Å². The summed E-state index contributed by atoms with van der Waals surface area (Å²) in [5.41, 5.74) is -0.959. The lowest BCUT2D eigenvalue weighted by molar-refractivity contribution is 0.0205. The van der Waals surface area contributed by atoms with Crippen molar-refractivity contribution >= 4 is 0 Å². The first-order chi connectivity index (χ1) is 7.62. The summed E-state index contributed by atoms with van der Waals surface area (Å²) in [6.07, 6.45) is 1.74. The molecular formula is C12H15F2NO. The Kier molecular flexibility index (Phi) is 3.21. The van der Waals surface area contributed by atoms with Gasteiger partial charge in [-0.25, -0.2) is 8.78 Å². The van der Waals surface area contributed by atoms with Gasteiger partial charge in [0.25, 0.3) is 0 Å². The van der Waals surface area contributed by atoms with Gasteiger partial charge in [-0.15, -0.1) is 0 Å². The van der Waals surface area contributed by atoms with Crippen LogP contribution in [0, 0.1) is 11.6 Å². The Morgan fingerprint density at radius 1 is 1.19 bits per heavy atom. The molecule has 1 heterocycles. The Bertz CT molecular complexity index is 373. The average Bonchev–Trinajstić information content (AvgIpc) is 2.43. The summed E-state index contributed by atoms with van der Waals surface area (Å²) in [4.78, 5) is 0. The topological polar surface area (TPSA) is 32.3 Å². The summed E-state index contributed by atoms with van der Waals surface area (Å²) in [6.45, 7) is 1.47. The number of nitrogens with one attached hydrogen (secondary N) is 1. The highest BCUT2D eigenvalue weighted by Gasteiger charge is 2.32. The molecule has 1 fully saturated rings. The summed E-state index contributed by atoms with van der Waals surface area (Å²) in [6, 6.07) is 3.36. The van der Waals surface area contributed by atoms with E-state index in [9.17, 15) is 13.9 Å². The minimum Gasteiger partial charge on any atom is -0.385 e. The lowest BCUT2D eigenvalue weighted by Crippen LogP contribution is -2.28. The predicted octanol–water partition coefficient (Wildman–Crippen LogP) is 1.93. The van der Waals surface area contributed by atoms with Crippen molar-refractivity contribution in [3.8, 4) is 0 Å². The van der Waals surface area contributed by atoms with Gasteiger partial charge in [-0.2, -0.15) is 0 Å². The second-order valence-corrected chi connectivity index (χ2v) is 4.26. The molecule has 0 aromatic heterocycles. The number of halogens is 2. The van der Waals surface area contributed by atoms with Crippen LogP contribution in [0.3, 0.4) is 0 Å². The van der Waals surface area contributed by atoms with E-state index in [1.165, 1.54) is 12.1 Å². The van der Waals surface area contributed by atoms with E-state index in [-0.39, 0.29) is 5.56 Å². The number of benzene rings is 1. The third-order valence-corrected chi connectivity index (χ3v) is 3.09. The molecule has 1 aromatic rings. The highest BCUT2D eigenvalue weighted by atomic mass is 19.1. The van der Waals surface area contributed by atoms with Gasteiger partial charge in [0.1, 0.15) is 11.6 Å². The quantitative estimate of drug-likeness (QED) is 0.768. The fraction of sp³-hybridized carbons (Fsp3) is 0.500. The van der Waals surface area contributed by atoms with E-state index in [1.54, 1.807) is 0 Å². The van der Waals surface area contributed by atoms with Crippen LogP contribution in [0.1, 0.15) is 24.8 Å². The van der Waals surface area contributed by atoms with Gasteiger partial charge < -0.3 is 10.4 Å². The molecule has 4 heteroatoms. The van der Waals surface area contributed by atoms with Gasteiger partial charge in [-0.05, 0) is 38.4 Å². The van der Waals surface area contributed by atoms with Crippen LogP contribution in [-0.4, -0.2) is 18.2 Å². The predicted molar refractivity (Wildman–Crippen MR) is 57.0 cm³/mol. The molecule has 1 saturated heterocycles. The van der Waals surface area contributed by atoms with Crippen molar-refractivity contribution in [2.45, 2.75) is 24.9 Å². The zero-order valence-electron chi connectivity index (χ0n) is 8.97. The Morgan fingerprint density at radius 2 is 2.00 bits per heavy atom. The highest BCUT2D eigenvalue weighted by Crippen LogP contribution is 2.33. The summed E-state index contributed by atoms with van der Waals surface area (Å²) < 4.78 is 26.4. The molecule has 1 aliphatic heterocycles. The first kappa shape index (κ1) is 11.5. The Balaban J connectivity index is 2.33. The Labute approximate surface area is 93.3 Å². The van der Waals surface area contributed by atoms with Crippen LogP contribution in [0.5, 0.6) is 0 Å². The standard InChI is InChI=1S/C12H15F2NO/c13-9-2-3-10(11(14)8-9)12(16)4-1-6-15-7-5-12/h2-3,8,15-16H,1,4-7H2. The molecule has 1 atom stereocenters. The van der Waals surface area contributed by atoms with Crippen molar-refractivity contribution in [1.82, 2.24) is 5.32 Å². The fourth-order valence-corrected chi connectivity index (χ4v) is 2.19. The van der Waals surface area contributed by atoms with Crippen molar-refractivity contribution in [2.75, 3.05) is 13.1 Å². The molecule has 2 nitrogen and oxygen atoms in total. The molecule has 1 aromatic carbocycles. The maximum absolute atomic E-state index is 13.6. The summed E-state index contributed by atoms with van der Waals surface area (Å²) >= 11 is 0. The van der Waals surface area contributed by atoms with Crippen LogP contribution in [0.25, 0.3) is 0 Å². The van der Waals surface area contributed by atoms with E-state index in [2.05, 4.69) is 5.32 Å². The molecule has 0 spiro atoms. The molecule has 0 bridgehead atoms. The average molecular weight is 227 g/mol. The minimum absolute atomic E-state index is 0.206. The smallest absolute Gasteiger partial charge is 0.132 e. The first-order valence-electron chi connectivity index (χ1n) is 5.50. The van der Waals surface area contributed by atoms with Gasteiger partial charge in [0.05, 0.1) is 5.60 Å². The molecule has 0 radical (unpaired) electrons. The fourth-order valence-electron chi connectivity index (χ4n) is 2.19. The molecule has 2 rings (SSSR count). The SMILES string of the molecule is OC1(c2ccc(F)cc2F)CCCNCC1. The summed E-state index contributed by atoms with van der Waals surface area (Å²) in [7, 11) is 0. The van der Waals surface area contributed by atoms with E-state index >= 15 is 0 Å². The lowest BCUT2D eigenvalue weighted by Gasteiger charge is -2.27. The Hall–Kier alpha value is -1.00. The van der Waals surface area contributed by atoms with Crippen molar-refractivity contribution in [1.29, 1.82) is 0 Å². The lowest BCUT2D eigenvalue weighted by atomic mass is 9.86.